The molecular weight excluding hydrogens is 429 g/mol. The first-order valence-electron chi connectivity index (χ1n) is 11.6. The van der Waals surface area contributed by atoms with Crippen molar-refractivity contribution in [2.45, 2.75) is 46.1 Å². The minimum atomic E-state index is -0.436. The number of aryl methyl sites for hydroxylation is 2. The molecule has 6 heteroatoms. The fourth-order valence-electron chi connectivity index (χ4n) is 4.21. The number of nitrogens with zero attached hydrogens (tertiary/aromatic N) is 2. The van der Waals surface area contributed by atoms with E-state index in [0.29, 0.717) is 18.5 Å². The molecule has 0 saturated heterocycles. The van der Waals surface area contributed by atoms with Gasteiger partial charge in [-0.25, -0.2) is 9.37 Å². The number of anilines is 1. The summed E-state index contributed by atoms with van der Waals surface area (Å²) in [6.45, 7) is 6.20. The molecular formula is C28H30FN3O2. The first-order chi connectivity index (χ1) is 16.4. The highest BCUT2D eigenvalue weighted by Crippen LogP contribution is 2.29. The summed E-state index contributed by atoms with van der Waals surface area (Å²) < 4.78 is 20.8. The quantitative estimate of drug-likeness (QED) is 0.333. The Hall–Kier alpha value is -3.67. The van der Waals surface area contributed by atoms with Gasteiger partial charge in [-0.05, 0) is 85.5 Å². The molecule has 5 nitrogen and oxygen atoms in total. The number of fused-ring (bicyclic) bond motifs is 1. The van der Waals surface area contributed by atoms with E-state index in [1.54, 1.807) is 19.2 Å². The smallest absolute Gasteiger partial charge is 0.247 e. The van der Waals surface area contributed by atoms with E-state index in [1.165, 1.54) is 12.1 Å². The average molecular weight is 460 g/mol. The van der Waals surface area contributed by atoms with Crippen LogP contribution in [-0.2, 0) is 11.2 Å². The summed E-state index contributed by atoms with van der Waals surface area (Å²) in [5.41, 5.74) is 5.75. The lowest BCUT2D eigenvalue weighted by molar-refractivity contribution is -0.119. The number of nitrogens with one attached hydrogen (secondary N) is 1. The Morgan fingerprint density at radius 1 is 1.06 bits per heavy atom. The molecule has 4 aromatic rings. The van der Waals surface area contributed by atoms with Crippen LogP contribution in [0.3, 0.4) is 0 Å². The van der Waals surface area contributed by atoms with Crippen molar-refractivity contribution in [2.75, 3.05) is 12.4 Å². The summed E-state index contributed by atoms with van der Waals surface area (Å²) in [6, 6.07) is 17.5. The van der Waals surface area contributed by atoms with Crippen molar-refractivity contribution >= 4 is 22.6 Å². The fraction of sp³-hybridized carbons (Fsp3) is 0.286. The molecule has 1 N–H and O–H groups in total. The van der Waals surface area contributed by atoms with Crippen LogP contribution in [0.1, 0.15) is 48.3 Å². The van der Waals surface area contributed by atoms with Crippen molar-refractivity contribution in [3.05, 3.63) is 89.0 Å². The third-order valence-electron chi connectivity index (χ3n) is 6.19. The maximum absolute atomic E-state index is 13.6. The second-order valence-corrected chi connectivity index (χ2v) is 8.65. The van der Waals surface area contributed by atoms with Gasteiger partial charge in [-0.15, -0.1) is 0 Å². The summed E-state index contributed by atoms with van der Waals surface area (Å²) in [5, 5.41) is 3.06. The third-order valence-corrected chi connectivity index (χ3v) is 6.19. The molecule has 0 spiro atoms. The van der Waals surface area contributed by atoms with Crippen molar-refractivity contribution in [2.24, 2.45) is 0 Å². The minimum Gasteiger partial charge on any atom is -0.497 e. The van der Waals surface area contributed by atoms with Gasteiger partial charge in [0.1, 0.15) is 23.4 Å². The van der Waals surface area contributed by atoms with Gasteiger partial charge in [-0.3, -0.25) is 4.79 Å². The van der Waals surface area contributed by atoms with E-state index in [-0.39, 0.29) is 11.7 Å². The lowest BCUT2D eigenvalue weighted by atomic mass is 10.1. The number of rotatable bonds is 8. The highest BCUT2D eigenvalue weighted by molar-refractivity contribution is 5.95. The molecule has 0 bridgehead atoms. The molecule has 176 valence electrons. The van der Waals surface area contributed by atoms with Gasteiger partial charge in [0.25, 0.3) is 0 Å². The maximum Gasteiger partial charge on any atom is 0.247 e. The predicted octanol–water partition coefficient (Wildman–Crippen LogP) is 6.37. The van der Waals surface area contributed by atoms with Crippen molar-refractivity contribution in [3.63, 3.8) is 0 Å². The molecule has 0 saturated carbocycles. The molecule has 1 atom stereocenters. The van der Waals surface area contributed by atoms with Gasteiger partial charge < -0.3 is 14.6 Å². The SMILES string of the molecule is CCC[C@H](C(=O)Nc1ccc(OC)cc1)n1c(Cc2ccc(F)cc2)nc2cc(C)c(C)cc21. The summed E-state index contributed by atoms with van der Waals surface area (Å²) in [4.78, 5) is 18.5. The zero-order chi connectivity index (χ0) is 24.2. The Bertz CT molecular complexity index is 1290. The lowest BCUT2D eigenvalue weighted by Gasteiger charge is -2.21. The maximum atomic E-state index is 13.6. The van der Waals surface area contributed by atoms with Crippen LogP contribution in [-0.4, -0.2) is 22.6 Å². The predicted molar refractivity (Wildman–Crippen MR) is 134 cm³/mol. The molecule has 1 amide bonds. The molecule has 3 aromatic carbocycles. The number of hydrogen-bond acceptors (Lipinski definition) is 3. The van der Waals surface area contributed by atoms with E-state index in [9.17, 15) is 9.18 Å². The second kappa shape index (κ2) is 10.1. The zero-order valence-electron chi connectivity index (χ0n) is 20.1. The van der Waals surface area contributed by atoms with Crippen molar-refractivity contribution in [1.82, 2.24) is 9.55 Å². The third kappa shape index (κ3) is 4.96. The Kier molecular flexibility index (Phi) is 6.96. The molecule has 1 heterocycles. The van der Waals surface area contributed by atoms with E-state index in [0.717, 1.165) is 45.7 Å². The van der Waals surface area contributed by atoms with Gasteiger partial charge in [0.2, 0.25) is 5.91 Å². The van der Waals surface area contributed by atoms with E-state index in [2.05, 4.69) is 42.8 Å². The van der Waals surface area contributed by atoms with Crippen LogP contribution in [0.5, 0.6) is 5.75 Å². The van der Waals surface area contributed by atoms with Gasteiger partial charge >= 0.3 is 0 Å². The van der Waals surface area contributed by atoms with Crippen molar-refractivity contribution in [1.29, 1.82) is 0 Å². The van der Waals surface area contributed by atoms with Crippen LogP contribution < -0.4 is 10.1 Å². The summed E-state index contributed by atoms with van der Waals surface area (Å²) >= 11 is 0. The van der Waals surface area contributed by atoms with E-state index >= 15 is 0 Å². The molecule has 4 rings (SSSR count). The van der Waals surface area contributed by atoms with Crippen LogP contribution >= 0.6 is 0 Å². The Balaban J connectivity index is 1.77. The number of aromatic nitrogens is 2. The van der Waals surface area contributed by atoms with Crippen LogP contribution in [0, 0.1) is 19.7 Å². The Morgan fingerprint density at radius 2 is 1.74 bits per heavy atom. The Morgan fingerprint density at radius 3 is 2.38 bits per heavy atom. The fourth-order valence-corrected chi connectivity index (χ4v) is 4.21. The minimum absolute atomic E-state index is 0.0927. The number of benzene rings is 3. The standard InChI is InChI=1S/C28H30FN3O2/c1-5-6-25(28(33)30-22-11-13-23(34-4)14-12-22)32-26-16-19(3)18(2)15-24(26)31-27(32)17-20-7-9-21(29)10-8-20/h7-16,25H,5-6,17H2,1-4H3,(H,30,33)/t25-/m1/s1. The van der Waals surface area contributed by atoms with Gasteiger partial charge in [0.15, 0.2) is 0 Å². The number of amides is 1. The van der Waals surface area contributed by atoms with Gasteiger partial charge in [-0.1, -0.05) is 25.5 Å². The van der Waals surface area contributed by atoms with E-state index < -0.39 is 6.04 Å². The second-order valence-electron chi connectivity index (χ2n) is 8.65. The number of methoxy groups -OCH3 is 1. The van der Waals surface area contributed by atoms with Crippen LogP contribution in [0.4, 0.5) is 10.1 Å². The summed E-state index contributed by atoms with van der Waals surface area (Å²) in [7, 11) is 1.61. The molecule has 34 heavy (non-hydrogen) atoms. The van der Waals surface area contributed by atoms with Crippen molar-refractivity contribution in [3.8, 4) is 5.75 Å². The van der Waals surface area contributed by atoms with Crippen molar-refractivity contribution < 1.29 is 13.9 Å². The zero-order valence-corrected chi connectivity index (χ0v) is 20.1. The normalized spacial score (nSPS) is 12.0. The molecule has 0 aliphatic rings. The van der Waals surface area contributed by atoms with E-state index in [1.807, 2.05) is 24.3 Å². The van der Waals surface area contributed by atoms with Crippen LogP contribution in [0.15, 0.2) is 60.7 Å². The number of carbonyl (C=O) groups is 1. The van der Waals surface area contributed by atoms with E-state index in [4.69, 9.17) is 9.72 Å². The molecule has 0 fully saturated rings. The number of ether oxygens (including phenoxy) is 1. The topological polar surface area (TPSA) is 56.1 Å². The molecule has 0 aliphatic carbocycles. The molecule has 1 aromatic heterocycles. The molecule has 0 unspecified atom stereocenters. The molecule has 0 radical (unpaired) electrons. The summed E-state index contributed by atoms with van der Waals surface area (Å²) in [6.07, 6.45) is 2.00. The van der Waals surface area contributed by atoms with Gasteiger partial charge in [0.05, 0.1) is 18.1 Å². The van der Waals surface area contributed by atoms with Crippen LogP contribution in [0.25, 0.3) is 11.0 Å². The first-order valence-corrected chi connectivity index (χ1v) is 11.6. The monoisotopic (exact) mass is 459 g/mol. The lowest BCUT2D eigenvalue weighted by Crippen LogP contribution is -2.27. The average Bonchev–Trinajstić information content (AvgIpc) is 3.15. The number of carbonyl (C=O) groups excluding carboxylic acids is 1. The number of hydrogen-bond donors (Lipinski definition) is 1. The van der Waals surface area contributed by atoms with Crippen LogP contribution in [0.2, 0.25) is 0 Å². The highest BCUT2D eigenvalue weighted by Gasteiger charge is 2.26. The highest BCUT2D eigenvalue weighted by atomic mass is 19.1. The Labute approximate surface area is 199 Å². The number of imidazole rings is 1. The summed E-state index contributed by atoms with van der Waals surface area (Å²) in [5.74, 6) is 1.15. The van der Waals surface area contributed by atoms with Gasteiger partial charge in [-0.2, -0.15) is 0 Å². The van der Waals surface area contributed by atoms with Gasteiger partial charge in [0, 0.05) is 12.1 Å². The largest absolute Gasteiger partial charge is 0.497 e. The molecule has 0 aliphatic heterocycles. The number of halogens is 1. The first kappa shape index (κ1) is 23.5.